The lowest BCUT2D eigenvalue weighted by Crippen LogP contribution is -2.53. The van der Waals surface area contributed by atoms with Crippen molar-refractivity contribution in [2.24, 2.45) is 0 Å². The number of benzene rings is 1. The minimum atomic E-state index is -0.0465. The Morgan fingerprint density at radius 1 is 1.04 bits per heavy atom. The molecule has 3 aliphatic rings. The molecule has 1 aromatic carbocycles. The predicted octanol–water partition coefficient (Wildman–Crippen LogP) is 1.59. The van der Waals surface area contributed by atoms with Crippen molar-refractivity contribution < 1.29 is 9.59 Å². The van der Waals surface area contributed by atoms with Crippen LogP contribution in [0.2, 0.25) is 0 Å². The smallest absolute Gasteiger partial charge is 0.317 e. The van der Waals surface area contributed by atoms with Gasteiger partial charge in [0.15, 0.2) is 0 Å². The van der Waals surface area contributed by atoms with E-state index in [1.54, 1.807) is 0 Å². The van der Waals surface area contributed by atoms with Crippen molar-refractivity contribution in [3.05, 3.63) is 29.8 Å². The monoisotopic (exact) mass is 342 g/mol. The van der Waals surface area contributed by atoms with Gasteiger partial charge in [-0.1, -0.05) is 17.7 Å². The molecule has 6 nitrogen and oxygen atoms in total. The van der Waals surface area contributed by atoms with Crippen LogP contribution >= 0.6 is 0 Å². The molecule has 3 fully saturated rings. The Bertz CT molecular complexity index is 660. The summed E-state index contributed by atoms with van der Waals surface area (Å²) in [7, 11) is 0. The van der Waals surface area contributed by atoms with Gasteiger partial charge in [0.1, 0.15) is 0 Å². The maximum atomic E-state index is 13.0. The number of aryl methyl sites for hydroxylation is 1. The summed E-state index contributed by atoms with van der Waals surface area (Å²) in [5, 5.41) is 2.89. The van der Waals surface area contributed by atoms with Gasteiger partial charge in [-0.3, -0.25) is 9.69 Å². The maximum Gasteiger partial charge on any atom is 0.317 e. The third-order valence-electron chi connectivity index (χ3n) is 5.72. The standard InChI is InChI=1S/C19H26N4O2/c1-14-4-6-15(7-5-14)22-11-8-17(18(22)24)21-10-2-3-16(13-21)23-12-9-20-19(23)25/h4-7,16-17H,2-3,8-13H2,1H3,(H,20,25). The van der Waals surface area contributed by atoms with Gasteiger partial charge >= 0.3 is 6.03 Å². The lowest BCUT2D eigenvalue weighted by atomic mass is 10.0. The first-order valence-corrected chi connectivity index (χ1v) is 9.30. The SMILES string of the molecule is Cc1ccc(N2CCC(N3CCCC(N4CCNC4=O)C3)C2=O)cc1. The zero-order valence-electron chi connectivity index (χ0n) is 14.8. The molecule has 3 heterocycles. The fourth-order valence-electron chi connectivity index (χ4n) is 4.34. The second kappa shape index (κ2) is 6.67. The number of carbonyl (C=O) groups excluding carboxylic acids is 2. The summed E-state index contributed by atoms with van der Waals surface area (Å²) < 4.78 is 0. The first-order valence-electron chi connectivity index (χ1n) is 9.30. The van der Waals surface area contributed by atoms with E-state index in [1.807, 2.05) is 21.9 Å². The van der Waals surface area contributed by atoms with Gasteiger partial charge in [0.05, 0.1) is 6.04 Å². The summed E-state index contributed by atoms with van der Waals surface area (Å²) in [4.78, 5) is 31.1. The van der Waals surface area contributed by atoms with Crippen LogP contribution < -0.4 is 10.2 Å². The van der Waals surface area contributed by atoms with Gasteiger partial charge < -0.3 is 15.1 Å². The summed E-state index contributed by atoms with van der Waals surface area (Å²) in [6.07, 6.45) is 2.95. The lowest BCUT2D eigenvalue weighted by molar-refractivity contribution is -0.122. The average Bonchev–Trinajstić information content (AvgIpc) is 3.22. The molecule has 0 radical (unpaired) electrons. The van der Waals surface area contributed by atoms with E-state index in [0.717, 1.165) is 57.7 Å². The number of nitrogens with one attached hydrogen (secondary N) is 1. The van der Waals surface area contributed by atoms with Gasteiger partial charge in [-0.15, -0.1) is 0 Å². The van der Waals surface area contributed by atoms with Crippen molar-refractivity contribution >= 4 is 17.6 Å². The molecule has 0 spiro atoms. The highest BCUT2D eigenvalue weighted by Crippen LogP contribution is 2.28. The molecule has 25 heavy (non-hydrogen) atoms. The first-order chi connectivity index (χ1) is 12.1. The summed E-state index contributed by atoms with van der Waals surface area (Å²) in [5.41, 5.74) is 2.19. The van der Waals surface area contributed by atoms with Crippen LogP contribution in [0, 0.1) is 6.92 Å². The average molecular weight is 342 g/mol. The van der Waals surface area contributed by atoms with Crippen LogP contribution in [0.4, 0.5) is 10.5 Å². The van der Waals surface area contributed by atoms with E-state index in [-0.39, 0.29) is 24.0 Å². The van der Waals surface area contributed by atoms with Crippen molar-refractivity contribution in [1.82, 2.24) is 15.1 Å². The van der Waals surface area contributed by atoms with E-state index in [4.69, 9.17) is 0 Å². The van der Waals surface area contributed by atoms with E-state index in [1.165, 1.54) is 5.56 Å². The van der Waals surface area contributed by atoms with Crippen LogP contribution in [-0.2, 0) is 4.79 Å². The Kier molecular flexibility index (Phi) is 4.37. The van der Waals surface area contributed by atoms with E-state index in [2.05, 4.69) is 29.3 Å². The molecule has 2 atom stereocenters. The van der Waals surface area contributed by atoms with Crippen LogP contribution in [0.1, 0.15) is 24.8 Å². The number of hydrogen-bond donors (Lipinski definition) is 1. The molecule has 3 amide bonds. The first kappa shape index (κ1) is 16.4. The van der Waals surface area contributed by atoms with Crippen molar-refractivity contribution in [1.29, 1.82) is 0 Å². The number of hydrogen-bond acceptors (Lipinski definition) is 3. The lowest BCUT2D eigenvalue weighted by Gasteiger charge is -2.39. The second-order valence-corrected chi connectivity index (χ2v) is 7.35. The minimum absolute atomic E-state index is 0.0465. The van der Waals surface area contributed by atoms with Crippen LogP contribution in [0.25, 0.3) is 0 Å². The summed E-state index contributed by atoms with van der Waals surface area (Å²) in [5.74, 6) is 0.204. The van der Waals surface area contributed by atoms with Gasteiger partial charge in [0, 0.05) is 37.9 Å². The number of urea groups is 1. The Hall–Kier alpha value is -2.08. The van der Waals surface area contributed by atoms with Crippen molar-refractivity contribution in [2.45, 2.75) is 38.3 Å². The Morgan fingerprint density at radius 2 is 1.84 bits per heavy atom. The van der Waals surface area contributed by atoms with Crippen LogP contribution in [-0.4, -0.2) is 66.5 Å². The van der Waals surface area contributed by atoms with Crippen molar-refractivity contribution in [2.75, 3.05) is 37.6 Å². The number of rotatable bonds is 3. The molecule has 0 bridgehead atoms. The van der Waals surface area contributed by atoms with Crippen molar-refractivity contribution in [3.63, 3.8) is 0 Å². The summed E-state index contributed by atoms with van der Waals surface area (Å²) in [6.45, 7) is 6.11. The fourth-order valence-corrected chi connectivity index (χ4v) is 4.34. The molecule has 1 N–H and O–H groups in total. The highest BCUT2D eigenvalue weighted by molar-refractivity contribution is 5.99. The highest BCUT2D eigenvalue weighted by atomic mass is 16.2. The van der Waals surface area contributed by atoms with Gasteiger partial charge in [-0.05, 0) is 44.9 Å². The topological polar surface area (TPSA) is 55.9 Å². The number of anilines is 1. The molecule has 4 rings (SSSR count). The summed E-state index contributed by atoms with van der Waals surface area (Å²) >= 11 is 0. The highest BCUT2D eigenvalue weighted by Gasteiger charge is 2.40. The molecule has 0 saturated carbocycles. The number of piperidine rings is 1. The number of likely N-dealkylation sites (tertiary alicyclic amines) is 1. The molecule has 134 valence electrons. The third kappa shape index (κ3) is 3.11. The van der Waals surface area contributed by atoms with E-state index >= 15 is 0 Å². The van der Waals surface area contributed by atoms with Gasteiger partial charge in [0.25, 0.3) is 0 Å². The van der Waals surface area contributed by atoms with Crippen LogP contribution in [0.3, 0.4) is 0 Å². The number of carbonyl (C=O) groups is 2. The molecule has 3 saturated heterocycles. The molecule has 3 aliphatic heterocycles. The fraction of sp³-hybridized carbons (Fsp3) is 0.579. The molecule has 0 aromatic heterocycles. The normalized spacial score (nSPS) is 27.9. The Labute approximate surface area is 148 Å². The zero-order valence-corrected chi connectivity index (χ0v) is 14.8. The molecule has 0 aliphatic carbocycles. The van der Waals surface area contributed by atoms with Crippen LogP contribution in [0.15, 0.2) is 24.3 Å². The molecular formula is C19H26N4O2. The maximum absolute atomic E-state index is 13.0. The predicted molar refractivity (Wildman–Crippen MR) is 96.6 cm³/mol. The van der Waals surface area contributed by atoms with Crippen LogP contribution in [0.5, 0.6) is 0 Å². The Morgan fingerprint density at radius 3 is 2.56 bits per heavy atom. The largest absolute Gasteiger partial charge is 0.336 e. The van der Waals surface area contributed by atoms with Gasteiger partial charge in [-0.2, -0.15) is 0 Å². The van der Waals surface area contributed by atoms with E-state index < -0.39 is 0 Å². The minimum Gasteiger partial charge on any atom is -0.336 e. The summed E-state index contributed by atoms with van der Waals surface area (Å²) in [6, 6.07) is 8.41. The number of nitrogens with zero attached hydrogens (tertiary/aromatic N) is 3. The molecule has 1 aromatic rings. The molecule has 2 unspecified atom stereocenters. The molecule has 6 heteroatoms. The van der Waals surface area contributed by atoms with E-state index in [0.29, 0.717) is 0 Å². The number of amides is 3. The quantitative estimate of drug-likeness (QED) is 0.908. The Balaban J connectivity index is 1.44. The van der Waals surface area contributed by atoms with Crippen molar-refractivity contribution in [3.8, 4) is 0 Å². The third-order valence-corrected chi connectivity index (χ3v) is 5.72. The van der Waals surface area contributed by atoms with Gasteiger partial charge in [0.2, 0.25) is 5.91 Å². The van der Waals surface area contributed by atoms with Gasteiger partial charge in [-0.25, -0.2) is 4.79 Å². The van der Waals surface area contributed by atoms with E-state index in [9.17, 15) is 9.59 Å². The zero-order chi connectivity index (χ0) is 17.4. The molecular weight excluding hydrogens is 316 g/mol. The second-order valence-electron chi connectivity index (χ2n) is 7.35.